The van der Waals surface area contributed by atoms with E-state index >= 15 is 0 Å². The van der Waals surface area contributed by atoms with Gasteiger partial charge in [-0.15, -0.1) is 0 Å². The summed E-state index contributed by atoms with van der Waals surface area (Å²) < 4.78 is 5.39. The van der Waals surface area contributed by atoms with Crippen LogP contribution in [0.2, 0.25) is 0 Å². The summed E-state index contributed by atoms with van der Waals surface area (Å²) in [6.45, 7) is 13.0. The van der Waals surface area contributed by atoms with E-state index in [1.165, 1.54) is 13.1 Å². The van der Waals surface area contributed by atoms with E-state index in [0.717, 1.165) is 52.5 Å². The van der Waals surface area contributed by atoms with Crippen molar-refractivity contribution in [1.29, 1.82) is 0 Å². The van der Waals surface area contributed by atoms with Crippen molar-refractivity contribution in [3.8, 4) is 0 Å². The molecule has 2 aliphatic rings. The van der Waals surface area contributed by atoms with Crippen LogP contribution in [0.4, 0.5) is 0 Å². The highest BCUT2D eigenvalue weighted by atomic mass is 16.5. The molecule has 0 bridgehead atoms. The molecule has 1 N–H and O–H groups in total. The second kappa shape index (κ2) is 7.11. The van der Waals surface area contributed by atoms with Gasteiger partial charge in [0.25, 0.3) is 0 Å². The summed E-state index contributed by atoms with van der Waals surface area (Å²) in [6, 6.07) is 0. The quantitative estimate of drug-likeness (QED) is 0.708. The first-order chi connectivity index (χ1) is 8.38. The van der Waals surface area contributed by atoms with Gasteiger partial charge < -0.3 is 10.1 Å². The Bertz CT molecular complexity index is 221. The average molecular weight is 239 g/mol. The highest BCUT2D eigenvalue weighted by Crippen LogP contribution is 2.06. The summed E-state index contributed by atoms with van der Waals surface area (Å²) in [4.78, 5) is 5.05. The first kappa shape index (κ1) is 13.0. The summed E-state index contributed by atoms with van der Waals surface area (Å²) in [5.41, 5.74) is 1.55. The summed E-state index contributed by atoms with van der Waals surface area (Å²) in [5.74, 6) is 0. The lowest BCUT2D eigenvalue weighted by molar-refractivity contribution is 0.0414. The zero-order chi connectivity index (χ0) is 11.9. The molecule has 0 atom stereocenters. The van der Waals surface area contributed by atoms with Crippen LogP contribution in [0.15, 0.2) is 11.6 Å². The van der Waals surface area contributed by atoms with Crippen molar-refractivity contribution < 1.29 is 4.74 Å². The van der Waals surface area contributed by atoms with E-state index in [4.69, 9.17) is 4.74 Å². The van der Waals surface area contributed by atoms with Crippen LogP contribution in [0.3, 0.4) is 0 Å². The molecule has 4 heteroatoms. The highest BCUT2D eigenvalue weighted by molar-refractivity contribution is 5.06. The molecule has 0 aromatic rings. The van der Waals surface area contributed by atoms with Crippen LogP contribution in [-0.2, 0) is 4.74 Å². The van der Waals surface area contributed by atoms with Crippen LogP contribution in [0, 0.1) is 0 Å². The van der Waals surface area contributed by atoms with Gasteiger partial charge in [0.15, 0.2) is 0 Å². The first-order valence-electron chi connectivity index (χ1n) is 6.75. The third-order valence-corrected chi connectivity index (χ3v) is 3.57. The summed E-state index contributed by atoms with van der Waals surface area (Å²) in [6.07, 6.45) is 2.29. The number of nitrogens with zero attached hydrogens (tertiary/aromatic N) is 2. The van der Waals surface area contributed by atoms with E-state index in [9.17, 15) is 0 Å². The number of hydrogen-bond donors (Lipinski definition) is 1. The van der Waals surface area contributed by atoms with Gasteiger partial charge in [-0.05, 0) is 12.5 Å². The Balaban J connectivity index is 1.75. The molecular weight excluding hydrogens is 214 g/mol. The van der Waals surface area contributed by atoms with Gasteiger partial charge >= 0.3 is 0 Å². The van der Waals surface area contributed by atoms with Crippen LogP contribution in [0.1, 0.15) is 6.92 Å². The highest BCUT2D eigenvalue weighted by Gasteiger charge is 2.15. The molecule has 0 unspecified atom stereocenters. The maximum atomic E-state index is 5.39. The van der Waals surface area contributed by atoms with Gasteiger partial charge in [0.05, 0.1) is 13.2 Å². The minimum absolute atomic E-state index is 0.893. The molecule has 4 nitrogen and oxygen atoms in total. The van der Waals surface area contributed by atoms with Gasteiger partial charge in [-0.2, -0.15) is 0 Å². The van der Waals surface area contributed by atoms with E-state index in [0.29, 0.717) is 0 Å². The molecule has 0 aromatic heterocycles. The monoisotopic (exact) mass is 239 g/mol. The molecule has 0 aromatic carbocycles. The van der Waals surface area contributed by atoms with Crippen molar-refractivity contribution in [2.24, 2.45) is 0 Å². The molecule has 2 saturated heterocycles. The average Bonchev–Trinajstić information content (AvgIpc) is 2.40. The van der Waals surface area contributed by atoms with E-state index in [1.807, 2.05) is 0 Å². The summed E-state index contributed by atoms with van der Waals surface area (Å²) >= 11 is 0. The topological polar surface area (TPSA) is 27.7 Å². The van der Waals surface area contributed by atoms with Gasteiger partial charge in [0.2, 0.25) is 0 Å². The van der Waals surface area contributed by atoms with Crippen LogP contribution < -0.4 is 5.32 Å². The molecule has 2 heterocycles. The second-order valence-corrected chi connectivity index (χ2v) is 4.86. The van der Waals surface area contributed by atoms with Crippen molar-refractivity contribution in [1.82, 2.24) is 15.1 Å². The maximum absolute atomic E-state index is 5.39. The van der Waals surface area contributed by atoms with Crippen molar-refractivity contribution in [2.45, 2.75) is 6.92 Å². The number of ether oxygens (including phenoxy) is 1. The van der Waals surface area contributed by atoms with Gasteiger partial charge in [0, 0.05) is 52.4 Å². The van der Waals surface area contributed by atoms with Gasteiger partial charge in [-0.25, -0.2) is 0 Å². The molecule has 2 aliphatic heterocycles. The van der Waals surface area contributed by atoms with Crippen molar-refractivity contribution in [3.63, 3.8) is 0 Å². The number of hydrogen-bond acceptors (Lipinski definition) is 4. The lowest BCUT2D eigenvalue weighted by Crippen LogP contribution is -2.45. The second-order valence-electron chi connectivity index (χ2n) is 4.86. The van der Waals surface area contributed by atoms with Gasteiger partial charge in [-0.1, -0.05) is 6.08 Å². The fraction of sp³-hybridized carbons (Fsp3) is 0.846. The smallest absolute Gasteiger partial charge is 0.0594 e. The minimum atomic E-state index is 0.893. The third kappa shape index (κ3) is 4.39. The van der Waals surface area contributed by atoms with Crippen molar-refractivity contribution in [3.05, 3.63) is 11.6 Å². The predicted molar refractivity (Wildman–Crippen MR) is 70.3 cm³/mol. The van der Waals surface area contributed by atoms with Crippen molar-refractivity contribution >= 4 is 0 Å². The SMILES string of the molecule is C/C=C(/CN1CCNCC1)CN1CCOCC1. The minimum Gasteiger partial charge on any atom is -0.379 e. The summed E-state index contributed by atoms with van der Waals surface area (Å²) in [5, 5.41) is 3.40. The fourth-order valence-corrected chi connectivity index (χ4v) is 2.44. The van der Waals surface area contributed by atoms with Gasteiger partial charge in [0.1, 0.15) is 0 Å². The molecule has 98 valence electrons. The van der Waals surface area contributed by atoms with E-state index < -0.39 is 0 Å². The Labute approximate surface area is 105 Å². The lowest BCUT2D eigenvalue weighted by Gasteiger charge is -2.31. The van der Waals surface area contributed by atoms with E-state index in [1.54, 1.807) is 5.57 Å². The Hall–Kier alpha value is -0.420. The molecule has 0 amide bonds. The van der Waals surface area contributed by atoms with Gasteiger partial charge in [-0.3, -0.25) is 9.80 Å². The first-order valence-corrected chi connectivity index (χ1v) is 6.75. The van der Waals surface area contributed by atoms with Crippen LogP contribution >= 0.6 is 0 Å². The Morgan fingerprint density at radius 1 is 1.06 bits per heavy atom. The number of allylic oxidation sites excluding steroid dienone is 1. The molecule has 0 radical (unpaired) electrons. The number of piperazine rings is 1. The Morgan fingerprint density at radius 3 is 2.24 bits per heavy atom. The Morgan fingerprint density at radius 2 is 1.65 bits per heavy atom. The Kier molecular flexibility index (Phi) is 5.45. The number of rotatable bonds is 4. The zero-order valence-electron chi connectivity index (χ0n) is 11.0. The molecule has 17 heavy (non-hydrogen) atoms. The normalized spacial score (nSPS) is 25.1. The fourth-order valence-electron chi connectivity index (χ4n) is 2.44. The summed E-state index contributed by atoms with van der Waals surface area (Å²) in [7, 11) is 0. The van der Waals surface area contributed by atoms with E-state index in [-0.39, 0.29) is 0 Å². The predicted octanol–water partition coefficient (Wildman–Crippen LogP) is 0.170. The molecule has 0 aliphatic carbocycles. The van der Waals surface area contributed by atoms with Crippen LogP contribution in [0.25, 0.3) is 0 Å². The molecule has 0 spiro atoms. The van der Waals surface area contributed by atoms with Crippen LogP contribution in [-0.4, -0.2) is 75.4 Å². The largest absolute Gasteiger partial charge is 0.379 e. The molecular formula is C13H25N3O. The molecule has 0 saturated carbocycles. The lowest BCUT2D eigenvalue weighted by atomic mass is 10.2. The standard InChI is InChI=1S/C13H25N3O/c1-2-13(11-15-5-3-14-4-6-15)12-16-7-9-17-10-8-16/h2,14H,3-12H2,1H3/b13-2-. The maximum Gasteiger partial charge on any atom is 0.0594 e. The third-order valence-electron chi connectivity index (χ3n) is 3.57. The number of nitrogens with one attached hydrogen (secondary N) is 1. The molecule has 2 fully saturated rings. The van der Waals surface area contributed by atoms with Crippen molar-refractivity contribution in [2.75, 3.05) is 65.6 Å². The zero-order valence-corrected chi connectivity index (χ0v) is 11.0. The van der Waals surface area contributed by atoms with Crippen LogP contribution in [0.5, 0.6) is 0 Å². The number of morpholine rings is 1. The molecule has 2 rings (SSSR count). The van der Waals surface area contributed by atoms with E-state index in [2.05, 4.69) is 28.1 Å².